The first kappa shape index (κ1) is 19.3. The number of amides is 2. The topological polar surface area (TPSA) is 71.9 Å². The number of hydrogen-bond donors (Lipinski definition) is 3. The zero-order chi connectivity index (χ0) is 17.6. The quantitative estimate of drug-likeness (QED) is 0.683. The summed E-state index contributed by atoms with van der Waals surface area (Å²) in [5.74, 6) is 0.239. The molecule has 0 saturated heterocycles. The summed E-state index contributed by atoms with van der Waals surface area (Å²) in [7, 11) is 3.33. The molecule has 1 rings (SSSR count). The van der Waals surface area contributed by atoms with E-state index in [9.17, 15) is 9.59 Å². The third-order valence-corrected chi connectivity index (χ3v) is 3.68. The minimum Gasteiger partial charge on any atom is -0.495 e. The van der Waals surface area contributed by atoms with E-state index in [0.717, 1.165) is 4.90 Å². The molecule has 0 aliphatic rings. The van der Waals surface area contributed by atoms with Crippen molar-refractivity contribution >= 4 is 29.1 Å². The van der Waals surface area contributed by atoms with Gasteiger partial charge in [0.1, 0.15) is 5.75 Å². The van der Waals surface area contributed by atoms with Crippen LogP contribution in [0.15, 0.2) is 18.2 Å². The number of carbonyl (C=O) groups excluding carboxylic acids is 2. The largest absolute Gasteiger partial charge is 0.495 e. The smallest absolute Gasteiger partial charge is 0.282 e. The van der Waals surface area contributed by atoms with Crippen molar-refractivity contribution in [3.8, 4) is 5.75 Å². The van der Waals surface area contributed by atoms with E-state index in [0.29, 0.717) is 16.5 Å². The Morgan fingerprint density at radius 1 is 1.30 bits per heavy atom. The van der Waals surface area contributed by atoms with Gasteiger partial charge in [0.25, 0.3) is 11.8 Å². The number of nitrogens with one attached hydrogen (secondary N) is 3. The summed E-state index contributed by atoms with van der Waals surface area (Å²) < 4.78 is 5.21. The summed E-state index contributed by atoms with van der Waals surface area (Å²) in [5.41, 5.74) is 0.510. The summed E-state index contributed by atoms with van der Waals surface area (Å²) in [4.78, 5) is 25.0. The van der Waals surface area contributed by atoms with Crippen LogP contribution in [0.2, 0.25) is 5.02 Å². The molecule has 2 amide bonds. The Kier molecular flexibility index (Phi) is 7.32. The van der Waals surface area contributed by atoms with E-state index in [1.807, 2.05) is 13.8 Å². The van der Waals surface area contributed by atoms with Gasteiger partial charge in [-0.05, 0) is 39.0 Å². The number of benzene rings is 1. The molecule has 0 saturated carbocycles. The van der Waals surface area contributed by atoms with Gasteiger partial charge in [0, 0.05) is 11.1 Å². The van der Waals surface area contributed by atoms with Gasteiger partial charge in [-0.3, -0.25) is 9.59 Å². The lowest BCUT2D eigenvalue weighted by Gasteiger charge is -2.21. The number of carbonyl (C=O) groups is 2. The zero-order valence-corrected chi connectivity index (χ0v) is 15.0. The van der Waals surface area contributed by atoms with E-state index >= 15 is 0 Å². The van der Waals surface area contributed by atoms with Gasteiger partial charge < -0.3 is 20.3 Å². The first-order valence-electron chi connectivity index (χ1n) is 7.50. The Hall–Kier alpha value is -1.79. The second-order valence-corrected chi connectivity index (χ2v) is 6.24. The number of halogens is 1. The zero-order valence-electron chi connectivity index (χ0n) is 14.2. The summed E-state index contributed by atoms with van der Waals surface area (Å²) in [5, 5.41) is 6.12. The molecule has 23 heavy (non-hydrogen) atoms. The predicted molar refractivity (Wildman–Crippen MR) is 91.1 cm³/mol. The number of quaternary nitrogens is 1. The van der Waals surface area contributed by atoms with Crippen LogP contribution < -0.4 is 20.3 Å². The molecular weight excluding hydrogens is 318 g/mol. The average molecular weight is 343 g/mol. The van der Waals surface area contributed by atoms with Crippen LogP contribution in [0.3, 0.4) is 0 Å². The molecule has 7 heteroatoms. The molecule has 128 valence electrons. The number of methoxy groups -OCH3 is 1. The van der Waals surface area contributed by atoms with E-state index < -0.39 is 6.04 Å². The fraction of sp³-hybridized carbons (Fsp3) is 0.500. The van der Waals surface area contributed by atoms with Gasteiger partial charge in [0.2, 0.25) is 0 Å². The molecule has 0 radical (unpaired) electrons. The molecule has 1 aromatic rings. The Balaban J connectivity index is 2.70. The average Bonchev–Trinajstić information content (AvgIpc) is 2.45. The van der Waals surface area contributed by atoms with Crippen molar-refractivity contribution in [2.75, 3.05) is 26.0 Å². The second-order valence-electron chi connectivity index (χ2n) is 5.80. The standard InChI is InChI=1S/C16H24ClN3O3/c1-10(2)18-15(21)9-20(4)11(3)16(22)19-13-8-12(17)6-7-14(13)23-5/h6-8,10-11H,9H2,1-5H3,(H,18,21)(H,19,22)/p+1/t11-/m0/s1. The minimum absolute atomic E-state index is 0.0788. The number of anilines is 1. The van der Waals surface area contributed by atoms with Crippen molar-refractivity contribution in [1.29, 1.82) is 0 Å². The van der Waals surface area contributed by atoms with Gasteiger partial charge in [0.15, 0.2) is 12.6 Å². The monoisotopic (exact) mass is 342 g/mol. The van der Waals surface area contributed by atoms with Crippen molar-refractivity contribution < 1.29 is 19.2 Å². The van der Waals surface area contributed by atoms with Crippen molar-refractivity contribution in [3.05, 3.63) is 23.2 Å². The lowest BCUT2D eigenvalue weighted by Crippen LogP contribution is -3.15. The van der Waals surface area contributed by atoms with Crippen molar-refractivity contribution in [2.24, 2.45) is 0 Å². The number of likely N-dealkylation sites (N-methyl/N-ethyl adjacent to an activating group) is 1. The van der Waals surface area contributed by atoms with Crippen LogP contribution in [0, 0.1) is 0 Å². The molecule has 0 aliphatic heterocycles. The van der Waals surface area contributed by atoms with Gasteiger partial charge in [-0.1, -0.05) is 11.6 Å². The highest BCUT2D eigenvalue weighted by Crippen LogP contribution is 2.27. The molecule has 2 atom stereocenters. The maximum atomic E-state index is 12.4. The Morgan fingerprint density at radius 2 is 1.96 bits per heavy atom. The normalized spacial score (nSPS) is 13.3. The van der Waals surface area contributed by atoms with Crippen molar-refractivity contribution in [3.63, 3.8) is 0 Å². The maximum Gasteiger partial charge on any atom is 0.282 e. The fourth-order valence-corrected chi connectivity index (χ4v) is 2.19. The second kappa shape index (κ2) is 8.74. The summed E-state index contributed by atoms with van der Waals surface area (Å²) in [6, 6.07) is 4.68. The highest BCUT2D eigenvalue weighted by atomic mass is 35.5. The third kappa shape index (κ3) is 6.08. The molecule has 0 heterocycles. The molecule has 1 unspecified atom stereocenters. The summed E-state index contributed by atoms with van der Waals surface area (Å²) in [6.07, 6.45) is 0. The maximum absolute atomic E-state index is 12.4. The third-order valence-electron chi connectivity index (χ3n) is 3.44. The van der Waals surface area contributed by atoms with Gasteiger partial charge in [-0.15, -0.1) is 0 Å². The molecule has 0 spiro atoms. The minimum atomic E-state index is -0.406. The highest BCUT2D eigenvalue weighted by Gasteiger charge is 2.25. The predicted octanol–water partition coefficient (Wildman–Crippen LogP) is 0.715. The summed E-state index contributed by atoms with van der Waals surface area (Å²) in [6.45, 7) is 5.79. The van der Waals surface area contributed by atoms with E-state index in [1.54, 1.807) is 32.2 Å². The van der Waals surface area contributed by atoms with Crippen LogP contribution in [0.5, 0.6) is 5.75 Å². The number of rotatable bonds is 7. The number of hydrogen-bond acceptors (Lipinski definition) is 3. The lowest BCUT2D eigenvalue weighted by molar-refractivity contribution is -0.885. The van der Waals surface area contributed by atoms with E-state index in [-0.39, 0.29) is 24.4 Å². The van der Waals surface area contributed by atoms with Crippen molar-refractivity contribution in [2.45, 2.75) is 32.9 Å². The van der Waals surface area contributed by atoms with E-state index in [1.165, 1.54) is 7.11 Å². The molecular formula is C16H25ClN3O3+. The van der Waals surface area contributed by atoms with E-state index in [4.69, 9.17) is 16.3 Å². The molecule has 0 bridgehead atoms. The first-order chi connectivity index (χ1) is 10.7. The lowest BCUT2D eigenvalue weighted by atomic mass is 10.2. The van der Waals surface area contributed by atoms with Crippen LogP contribution in [0.25, 0.3) is 0 Å². The van der Waals surface area contributed by atoms with Gasteiger partial charge in [0.05, 0.1) is 19.8 Å². The highest BCUT2D eigenvalue weighted by molar-refractivity contribution is 6.31. The van der Waals surface area contributed by atoms with Crippen molar-refractivity contribution in [1.82, 2.24) is 5.32 Å². The van der Waals surface area contributed by atoms with Gasteiger partial charge in [-0.2, -0.15) is 0 Å². The fourth-order valence-electron chi connectivity index (χ4n) is 2.02. The van der Waals surface area contributed by atoms with Crippen LogP contribution in [-0.2, 0) is 9.59 Å². The van der Waals surface area contributed by atoms with E-state index in [2.05, 4.69) is 10.6 Å². The molecule has 0 aromatic heterocycles. The van der Waals surface area contributed by atoms with Crippen LogP contribution in [-0.4, -0.2) is 44.6 Å². The van der Waals surface area contributed by atoms with Crippen LogP contribution in [0.4, 0.5) is 5.69 Å². The van der Waals surface area contributed by atoms with Gasteiger partial charge in [-0.25, -0.2) is 0 Å². The Labute approximate surface area is 142 Å². The Bertz CT molecular complexity index is 564. The molecule has 1 aromatic carbocycles. The molecule has 0 aliphatic carbocycles. The molecule has 6 nitrogen and oxygen atoms in total. The van der Waals surface area contributed by atoms with Gasteiger partial charge >= 0.3 is 0 Å². The molecule has 0 fully saturated rings. The first-order valence-corrected chi connectivity index (χ1v) is 7.88. The Morgan fingerprint density at radius 3 is 2.52 bits per heavy atom. The van der Waals surface area contributed by atoms with Crippen LogP contribution in [0.1, 0.15) is 20.8 Å². The number of ether oxygens (including phenoxy) is 1. The van der Waals surface area contributed by atoms with Crippen LogP contribution >= 0.6 is 11.6 Å². The SMILES string of the molecule is COc1ccc(Cl)cc1NC(=O)[C@H](C)[NH+](C)CC(=O)NC(C)C. The summed E-state index contributed by atoms with van der Waals surface area (Å²) >= 11 is 5.95. The molecule has 3 N–H and O–H groups in total.